The zero-order valence-electron chi connectivity index (χ0n) is 14.5. The van der Waals surface area contributed by atoms with Crippen molar-refractivity contribution >= 4 is 0 Å². The van der Waals surface area contributed by atoms with Crippen molar-refractivity contribution in [2.45, 2.75) is 77.2 Å². The fourth-order valence-corrected chi connectivity index (χ4v) is 3.51. The van der Waals surface area contributed by atoms with Crippen LogP contribution in [0.4, 0.5) is 0 Å². The Morgan fingerprint density at radius 1 is 1.05 bits per heavy atom. The van der Waals surface area contributed by atoms with Crippen LogP contribution in [0.15, 0.2) is 0 Å². The predicted molar refractivity (Wildman–Crippen MR) is 91.6 cm³/mol. The minimum Gasteiger partial charge on any atom is -0.384 e. The number of ether oxygens (including phenoxy) is 1. The summed E-state index contributed by atoms with van der Waals surface area (Å²) >= 11 is 0. The smallest absolute Gasteiger partial charge is 0.0491 e. The number of likely N-dealkylation sites (tertiary alicyclic amines) is 1. The molecule has 1 saturated heterocycles. The van der Waals surface area contributed by atoms with Crippen LogP contribution in [-0.4, -0.2) is 44.3 Å². The molecule has 1 atom stereocenters. The monoisotopic (exact) mass is 298 g/mol. The number of nitrogens with two attached hydrogens (primary N) is 1. The molecule has 2 N–H and O–H groups in total. The summed E-state index contributed by atoms with van der Waals surface area (Å²) < 4.78 is 5.28. The number of hydrogen-bond donors (Lipinski definition) is 1. The molecule has 126 valence electrons. The second kappa shape index (κ2) is 12.4. The maximum Gasteiger partial charge on any atom is 0.0491 e. The highest BCUT2D eigenvalue weighted by Crippen LogP contribution is 2.21. The fourth-order valence-electron chi connectivity index (χ4n) is 3.51. The zero-order valence-corrected chi connectivity index (χ0v) is 14.5. The van der Waals surface area contributed by atoms with Crippen LogP contribution in [0.25, 0.3) is 0 Å². The van der Waals surface area contributed by atoms with Gasteiger partial charge in [0.25, 0.3) is 0 Å². The van der Waals surface area contributed by atoms with Gasteiger partial charge in [-0.15, -0.1) is 0 Å². The first-order valence-corrected chi connectivity index (χ1v) is 9.24. The van der Waals surface area contributed by atoms with Crippen LogP contribution >= 0.6 is 0 Å². The van der Waals surface area contributed by atoms with Crippen molar-refractivity contribution in [2.24, 2.45) is 11.7 Å². The summed E-state index contributed by atoms with van der Waals surface area (Å²) in [5, 5.41) is 0. The molecule has 1 heterocycles. The topological polar surface area (TPSA) is 38.5 Å². The van der Waals surface area contributed by atoms with Crippen LogP contribution in [-0.2, 0) is 4.74 Å². The molecule has 3 heteroatoms. The van der Waals surface area contributed by atoms with Crippen molar-refractivity contribution in [3.63, 3.8) is 0 Å². The number of piperidine rings is 1. The van der Waals surface area contributed by atoms with Crippen LogP contribution in [0.1, 0.15) is 71.1 Å². The summed E-state index contributed by atoms with van der Waals surface area (Å²) in [6.07, 6.45) is 13.6. The van der Waals surface area contributed by atoms with Gasteiger partial charge in [0, 0.05) is 26.3 Å². The van der Waals surface area contributed by atoms with Gasteiger partial charge >= 0.3 is 0 Å². The van der Waals surface area contributed by atoms with Crippen molar-refractivity contribution < 1.29 is 4.74 Å². The van der Waals surface area contributed by atoms with E-state index in [-0.39, 0.29) is 0 Å². The Morgan fingerprint density at radius 3 is 2.24 bits per heavy atom. The predicted octanol–water partition coefficient (Wildman–Crippen LogP) is 3.81. The highest BCUT2D eigenvalue weighted by molar-refractivity contribution is 4.79. The van der Waals surface area contributed by atoms with Crippen molar-refractivity contribution in [1.29, 1.82) is 0 Å². The Bertz CT molecular complexity index is 227. The van der Waals surface area contributed by atoms with Gasteiger partial charge in [-0.2, -0.15) is 0 Å². The Labute approximate surface area is 132 Å². The Morgan fingerprint density at radius 2 is 1.67 bits per heavy atom. The van der Waals surface area contributed by atoms with Gasteiger partial charge < -0.3 is 10.5 Å². The van der Waals surface area contributed by atoms with Gasteiger partial charge in [0.05, 0.1) is 0 Å². The molecule has 0 spiro atoms. The second-order valence-electron chi connectivity index (χ2n) is 6.73. The lowest BCUT2D eigenvalue weighted by molar-refractivity contribution is 0.0783. The SMILES string of the molecule is CCCCCCCCCC(CN)N1CCC(COC)CC1. The maximum atomic E-state index is 6.01. The summed E-state index contributed by atoms with van der Waals surface area (Å²) in [6, 6.07) is 0.615. The first-order valence-electron chi connectivity index (χ1n) is 9.24. The van der Waals surface area contributed by atoms with E-state index < -0.39 is 0 Å². The third-order valence-electron chi connectivity index (χ3n) is 4.98. The average molecular weight is 299 g/mol. The molecule has 0 amide bonds. The van der Waals surface area contributed by atoms with E-state index in [1.807, 2.05) is 7.11 Å². The molecule has 1 aliphatic rings. The number of hydrogen-bond acceptors (Lipinski definition) is 3. The quantitative estimate of drug-likeness (QED) is 0.557. The van der Waals surface area contributed by atoms with E-state index in [4.69, 9.17) is 10.5 Å². The molecule has 0 aliphatic carbocycles. The zero-order chi connectivity index (χ0) is 15.3. The largest absolute Gasteiger partial charge is 0.384 e. The molecule has 0 aromatic carbocycles. The number of unbranched alkanes of at least 4 members (excludes halogenated alkanes) is 6. The van der Waals surface area contributed by atoms with Crippen LogP contribution in [0, 0.1) is 5.92 Å². The van der Waals surface area contributed by atoms with E-state index in [0.717, 1.165) is 19.1 Å². The molecular formula is C18H38N2O. The van der Waals surface area contributed by atoms with Gasteiger partial charge in [-0.05, 0) is 38.3 Å². The molecule has 0 aromatic heterocycles. The van der Waals surface area contributed by atoms with Crippen molar-refractivity contribution in [1.82, 2.24) is 4.90 Å². The number of nitrogens with zero attached hydrogens (tertiary/aromatic N) is 1. The van der Waals surface area contributed by atoms with Gasteiger partial charge in [0.2, 0.25) is 0 Å². The van der Waals surface area contributed by atoms with Gasteiger partial charge in [-0.25, -0.2) is 0 Å². The summed E-state index contributed by atoms with van der Waals surface area (Å²) in [4.78, 5) is 2.63. The molecule has 21 heavy (non-hydrogen) atoms. The molecule has 0 radical (unpaired) electrons. The van der Waals surface area contributed by atoms with Gasteiger partial charge in [-0.3, -0.25) is 4.90 Å². The Kier molecular flexibility index (Phi) is 11.2. The average Bonchev–Trinajstić information content (AvgIpc) is 2.52. The van der Waals surface area contributed by atoms with E-state index in [9.17, 15) is 0 Å². The molecule has 1 rings (SSSR count). The van der Waals surface area contributed by atoms with Gasteiger partial charge in [0.1, 0.15) is 0 Å². The molecule has 1 unspecified atom stereocenters. The fraction of sp³-hybridized carbons (Fsp3) is 1.00. The second-order valence-corrected chi connectivity index (χ2v) is 6.73. The minimum atomic E-state index is 0.615. The van der Waals surface area contributed by atoms with Gasteiger partial charge in [-0.1, -0.05) is 51.9 Å². The van der Waals surface area contributed by atoms with Crippen LogP contribution in [0.2, 0.25) is 0 Å². The van der Waals surface area contributed by atoms with E-state index in [2.05, 4.69) is 11.8 Å². The van der Waals surface area contributed by atoms with Crippen molar-refractivity contribution in [2.75, 3.05) is 33.4 Å². The Hall–Kier alpha value is -0.120. The summed E-state index contributed by atoms with van der Waals surface area (Å²) in [7, 11) is 1.82. The van der Waals surface area contributed by atoms with Gasteiger partial charge in [0.15, 0.2) is 0 Å². The molecule has 1 aliphatic heterocycles. The standard InChI is InChI=1S/C18H38N2O/c1-3-4-5-6-7-8-9-10-18(15-19)20-13-11-17(12-14-20)16-21-2/h17-18H,3-16,19H2,1-2H3. The minimum absolute atomic E-state index is 0.615. The lowest BCUT2D eigenvalue weighted by atomic mass is 9.95. The molecule has 3 nitrogen and oxygen atoms in total. The van der Waals surface area contributed by atoms with E-state index >= 15 is 0 Å². The summed E-state index contributed by atoms with van der Waals surface area (Å²) in [5.74, 6) is 0.767. The molecular weight excluding hydrogens is 260 g/mol. The first kappa shape index (κ1) is 18.9. The summed E-state index contributed by atoms with van der Waals surface area (Å²) in [5.41, 5.74) is 6.01. The summed E-state index contributed by atoms with van der Waals surface area (Å²) in [6.45, 7) is 6.46. The molecule has 0 saturated carbocycles. The molecule has 0 aromatic rings. The Balaban J connectivity index is 2.09. The van der Waals surface area contributed by atoms with Crippen molar-refractivity contribution in [3.05, 3.63) is 0 Å². The number of methoxy groups -OCH3 is 1. The molecule has 1 fully saturated rings. The first-order chi connectivity index (χ1) is 10.3. The van der Waals surface area contributed by atoms with Crippen LogP contribution < -0.4 is 5.73 Å². The lowest BCUT2D eigenvalue weighted by Crippen LogP contribution is -2.45. The highest BCUT2D eigenvalue weighted by atomic mass is 16.5. The maximum absolute atomic E-state index is 6.01. The van der Waals surface area contributed by atoms with E-state index in [0.29, 0.717) is 6.04 Å². The molecule has 0 bridgehead atoms. The third kappa shape index (κ3) is 8.18. The number of rotatable bonds is 12. The van der Waals surface area contributed by atoms with Crippen LogP contribution in [0.3, 0.4) is 0 Å². The van der Waals surface area contributed by atoms with Crippen LogP contribution in [0.5, 0.6) is 0 Å². The normalized spacial score (nSPS) is 19.0. The highest BCUT2D eigenvalue weighted by Gasteiger charge is 2.23. The van der Waals surface area contributed by atoms with Crippen molar-refractivity contribution in [3.8, 4) is 0 Å². The van der Waals surface area contributed by atoms with E-state index in [1.165, 1.54) is 77.3 Å². The lowest BCUT2D eigenvalue weighted by Gasteiger charge is -2.37. The van der Waals surface area contributed by atoms with E-state index in [1.54, 1.807) is 0 Å². The third-order valence-corrected chi connectivity index (χ3v) is 4.98.